The molecule has 1 heterocycles. The standard InChI is InChI=1S/C18H24N2O3/c1-13-9-5-4-8-12-19-17(21)14(2)20(3)18(22)15-10-6-7-11-16(15)23-13/h4-7,10-11,13-14H,8-9,12H2,1-3H3,(H,19,21)/b5-4-/t13-,14-/m0/s1. The van der Waals surface area contributed by atoms with Crippen molar-refractivity contribution in [2.24, 2.45) is 0 Å². The summed E-state index contributed by atoms with van der Waals surface area (Å²) in [5.41, 5.74) is 0.475. The molecule has 0 saturated carbocycles. The van der Waals surface area contributed by atoms with E-state index in [1.807, 2.05) is 25.1 Å². The number of amides is 2. The first-order chi connectivity index (χ1) is 11.0. The number of hydrogen-bond acceptors (Lipinski definition) is 3. The van der Waals surface area contributed by atoms with Crippen molar-refractivity contribution in [2.45, 2.75) is 38.8 Å². The van der Waals surface area contributed by atoms with E-state index in [-0.39, 0.29) is 17.9 Å². The number of ether oxygens (including phenoxy) is 1. The average molecular weight is 316 g/mol. The van der Waals surface area contributed by atoms with Gasteiger partial charge in [0.05, 0.1) is 11.7 Å². The molecule has 1 aliphatic rings. The van der Waals surface area contributed by atoms with Crippen LogP contribution in [0.5, 0.6) is 5.75 Å². The number of carbonyl (C=O) groups excluding carboxylic acids is 2. The van der Waals surface area contributed by atoms with E-state index < -0.39 is 6.04 Å². The van der Waals surface area contributed by atoms with Crippen molar-refractivity contribution in [1.82, 2.24) is 10.2 Å². The molecule has 1 aliphatic heterocycles. The lowest BCUT2D eigenvalue weighted by molar-refractivity contribution is -0.124. The maximum Gasteiger partial charge on any atom is 0.258 e. The van der Waals surface area contributed by atoms with Crippen LogP contribution >= 0.6 is 0 Å². The first kappa shape index (κ1) is 17.1. The van der Waals surface area contributed by atoms with E-state index in [0.717, 1.165) is 12.8 Å². The zero-order valence-corrected chi connectivity index (χ0v) is 13.9. The molecule has 2 atom stereocenters. The van der Waals surface area contributed by atoms with E-state index in [9.17, 15) is 9.59 Å². The Labute approximate surface area is 137 Å². The highest BCUT2D eigenvalue weighted by molar-refractivity contribution is 5.99. The summed E-state index contributed by atoms with van der Waals surface area (Å²) in [6, 6.07) is 6.62. The maximum absolute atomic E-state index is 12.7. The van der Waals surface area contributed by atoms with Gasteiger partial charge in [-0.3, -0.25) is 9.59 Å². The summed E-state index contributed by atoms with van der Waals surface area (Å²) in [7, 11) is 1.64. The lowest BCUT2D eigenvalue weighted by atomic mass is 10.1. The Morgan fingerprint density at radius 3 is 2.70 bits per heavy atom. The predicted octanol–water partition coefficient (Wildman–Crippen LogP) is 2.38. The van der Waals surface area contributed by atoms with Gasteiger partial charge in [-0.2, -0.15) is 0 Å². The molecule has 0 unspecified atom stereocenters. The number of rotatable bonds is 0. The van der Waals surface area contributed by atoms with Crippen molar-refractivity contribution < 1.29 is 14.3 Å². The quantitative estimate of drug-likeness (QED) is 0.748. The van der Waals surface area contributed by atoms with Gasteiger partial charge in [0.2, 0.25) is 5.91 Å². The minimum atomic E-state index is -0.542. The molecule has 0 bridgehead atoms. The van der Waals surface area contributed by atoms with Gasteiger partial charge in [0.25, 0.3) is 5.91 Å². The van der Waals surface area contributed by atoms with Crippen molar-refractivity contribution in [3.05, 3.63) is 42.0 Å². The van der Waals surface area contributed by atoms with Gasteiger partial charge in [0.15, 0.2) is 0 Å². The van der Waals surface area contributed by atoms with Crippen LogP contribution in [-0.2, 0) is 4.79 Å². The number of nitrogens with one attached hydrogen (secondary N) is 1. The molecule has 124 valence electrons. The Morgan fingerprint density at radius 1 is 1.17 bits per heavy atom. The second-order valence-corrected chi connectivity index (χ2v) is 5.80. The molecule has 2 rings (SSSR count). The van der Waals surface area contributed by atoms with Gasteiger partial charge < -0.3 is 15.0 Å². The van der Waals surface area contributed by atoms with E-state index in [2.05, 4.69) is 5.32 Å². The topological polar surface area (TPSA) is 58.6 Å². The summed E-state index contributed by atoms with van der Waals surface area (Å²) in [6.45, 7) is 4.26. The fraction of sp³-hybridized carbons (Fsp3) is 0.444. The Kier molecular flexibility index (Phi) is 5.79. The second-order valence-electron chi connectivity index (χ2n) is 5.80. The molecule has 0 radical (unpaired) electrons. The predicted molar refractivity (Wildman–Crippen MR) is 89.5 cm³/mol. The van der Waals surface area contributed by atoms with Crippen molar-refractivity contribution in [3.8, 4) is 5.75 Å². The third-order valence-electron chi connectivity index (χ3n) is 3.97. The third-order valence-corrected chi connectivity index (χ3v) is 3.97. The molecule has 5 heteroatoms. The number of nitrogens with zero attached hydrogens (tertiary/aromatic N) is 1. The van der Waals surface area contributed by atoms with E-state index in [0.29, 0.717) is 17.9 Å². The second kappa shape index (κ2) is 7.81. The van der Waals surface area contributed by atoms with Crippen LogP contribution in [0.25, 0.3) is 0 Å². The van der Waals surface area contributed by atoms with Crippen molar-refractivity contribution >= 4 is 11.8 Å². The molecule has 0 aliphatic carbocycles. The van der Waals surface area contributed by atoms with Crippen LogP contribution < -0.4 is 10.1 Å². The molecule has 1 aromatic rings. The van der Waals surface area contributed by atoms with Crippen LogP contribution in [0.1, 0.15) is 37.0 Å². The Morgan fingerprint density at radius 2 is 1.91 bits per heavy atom. The maximum atomic E-state index is 12.7. The number of carbonyl (C=O) groups is 2. The average Bonchev–Trinajstić information content (AvgIpc) is 2.55. The molecular weight excluding hydrogens is 292 g/mol. The highest BCUT2D eigenvalue weighted by atomic mass is 16.5. The molecule has 0 saturated heterocycles. The van der Waals surface area contributed by atoms with Gasteiger partial charge in [-0.05, 0) is 32.4 Å². The van der Waals surface area contributed by atoms with Crippen LogP contribution in [0.3, 0.4) is 0 Å². The minimum Gasteiger partial charge on any atom is -0.490 e. The van der Waals surface area contributed by atoms with E-state index in [1.54, 1.807) is 32.2 Å². The summed E-state index contributed by atoms with van der Waals surface area (Å²) in [5, 5.41) is 2.86. The molecular formula is C18H24N2O3. The smallest absolute Gasteiger partial charge is 0.258 e. The number of fused-ring (bicyclic) bond motifs is 1. The molecule has 0 aromatic heterocycles. The van der Waals surface area contributed by atoms with Crippen LogP contribution in [0.4, 0.5) is 0 Å². The summed E-state index contributed by atoms with van der Waals surface area (Å²) in [5.74, 6) is 0.177. The van der Waals surface area contributed by atoms with Gasteiger partial charge in [-0.25, -0.2) is 0 Å². The van der Waals surface area contributed by atoms with E-state index >= 15 is 0 Å². The molecule has 1 aromatic carbocycles. The van der Waals surface area contributed by atoms with Crippen LogP contribution in [0, 0.1) is 0 Å². The SMILES string of the molecule is C[C@H]1C/C=C\CCNC(=O)[C@H](C)N(C)C(=O)c2ccccc2O1. The number of likely N-dealkylation sites (N-methyl/N-ethyl adjacent to an activating group) is 1. The molecule has 2 amide bonds. The number of para-hydroxylation sites is 1. The molecule has 0 spiro atoms. The highest BCUT2D eigenvalue weighted by Crippen LogP contribution is 2.22. The van der Waals surface area contributed by atoms with Crippen molar-refractivity contribution in [1.29, 1.82) is 0 Å². The molecule has 23 heavy (non-hydrogen) atoms. The molecule has 0 fully saturated rings. The summed E-state index contributed by atoms with van der Waals surface area (Å²) in [4.78, 5) is 26.3. The zero-order valence-electron chi connectivity index (χ0n) is 13.9. The lowest BCUT2D eigenvalue weighted by Gasteiger charge is -2.26. The largest absolute Gasteiger partial charge is 0.490 e. The van der Waals surface area contributed by atoms with Gasteiger partial charge >= 0.3 is 0 Å². The van der Waals surface area contributed by atoms with Gasteiger partial charge in [0, 0.05) is 20.0 Å². The number of benzene rings is 1. The lowest BCUT2D eigenvalue weighted by Crippen LogP contribution is -2.46. The Bertz CT molecular complexity index is 598. The summed E-state index contributed by atoms with van der Waals surface area (Å²) >= 11 is 0. The van der Waals surface area contributed by atoms with Gasteiger partial charge in [-0.15, -0.1) is 0 Å². The molecule has 1 N–H and O–H groups in total. The zero-order chi connectivity index (χ0) is 16.8. The Balaban J connectivity index is 2.32. The van der Waals surface area contributed by atoms with E-state index in [1.165, 1.54) is 4.90 Å². The monoisotopic (exact) mass is 316 g/mol. The summed E-state index contributed by atoms with van der Waals surface area (Å²) < 4.78 is 5.92. The summed E-state index contributed by atoms with van der Waals surface area (Å²) in [6.07, 6.45) is 5.57. The number of hydrogen-bond donors (Lipinski definition) is 1. The van der Waals surface area contributed by atoms with Crippen LogP contribution in [0.2, 0.25) is 0 Å². The first-order valence-corrected chi connectivity index (χ1v) is 7.96. The minimum absolute atomic E-state index is 0.0274. The van der Waals surface area contributed by atoms with Crippen molar-refractivity contribution in [2.75, 3.05) is 13.6 Å². The normalized spacial score (nSPS) is 24.9. The fourth-order valence-corrected chi connectivity index (χ4v) is 2.38. The van der Waals surface area contributed by atoms with Crippen molar-refractivity contribution in [3.63, 3.8) is 0 Å². The first-order valence-electron chi connectivity index (χ1n) is 7.96. The van der Waals surface area contributed by atoms with E-state index in [4.69, 9.17) is 4.74 Å². The fourth-order valence-electron chi connectivity index (χ4n) is 2.38. The highest BCUT2D eigenvalue weighted by Gasteiger charge is 2.25. The third kappa shape index (κ3) is 4.34. The Hall–Kier alpha value is -2.30. The van der Waals surface area contributed by atoms with Gasteiger partial charge in [0.1, 0.15) is 11.8 Å². The molecule has 5 nitrogen and oxygen atoms in total. The van der Waals surface area contributed by atoms with Crippen LogP contribution in [0.15, 0.2) is 36.4 Å². The van der Waals surface area contributed by atoms with Gasteiger partial charge in [-0.1, -0.05) is 24.3 Å². The van der Waals surface area contributed by atoms with Crippen LogP contribution in [-0.4, -0.2) is 42.5 Å².